The van der Waals surface area contributed by atoms with E-state index in [0.29, 0.717) is 23.0 Å². The topological polar surface area (TPSA) is 57.6 Å². The highest BCUT2D eigenvalue weighted by Crippen LogP contribution is 2.29. The highest BCUT2D eigenvalue weighted by Gasteiger charge is 2.21. The van der Waals surface area contributed by atoms with E-state index in [0.717, 1.165) is 6.42 Å². The molecule has 1 N–H and O–H groups in total. The number of aliphatic carboxylic acids is 1. The van der Waals surface area contributed by atoms with Crippen molar-refractivity contribution in [1.82, 2.24) is 0 Å². The molecule has 0 spiro atoms. The Morgan fingerprint density at radius 2 is 1.81 bits per heavy atom. The first-order valence-corrected chi connectivity index (χ1v) is 7.72. The smallest absolute Gasteiger partial charge is 0.323 e. The van der Waals surface area contributed by atoms with Gasteiger partial charge in [0.05, 0.1) is 0 Å². The number of benzene rings is 1. The van der Waals surface area contributed by atoms with Crippen LogP contribution in [0.5, 0.6) is 0 Å². The fraction of sp³-hybridized carbons (Fsp3) is 0.500. The van der Waals surface area contributed by atoms with Gasteiger partial charge in [0.1, 0.15) is 6.54 Å². The Hall–Kier alpha value is -1.55. The first kappa shape index (κ1) is 15.8. The van der Waals surface area contributed by atoms with E-state index in [2.05, 4.69) is 0 Å². The third kappa shape index (κ3) is 4.74. The molecule has 21 heavy (non-hydrogen) atoms. The van der Waals surface area contributed by atoms with Gasteiger partial charge >= 0.3 is 5.97 Å². The lowest BCUT2D eigenvalue weighted by Gasteiger charge is -2.21. The van der Waals surface area contributed by atoms with Crippen LogP contribution in [0, 0.1) is 5.92 Å². The molecular formula is C16H20ClNO3. The molecule has 2 rings (SSSR count). The highest BCUT2D eigenvalue weighted by atomic mass is 35.5. The number of amides is 1. The number of carboxylic acids is 1. The van der Waals surface area contributed by atoms with Crippen molar-refractivity contribution < 1.29 is 14.7 Å². The fourth-order valence-electron chi connectivity index (χ4n) is 2.84. The molecule has 114 valence electrons. The predicted octanol–water partition coefficient (Wildman–Crippen LogP) is 3.73. The maximum atomic E-state index is 12.4. The van der Waals surface area contributed by atoms with Crippen molar-refractivity contribution in [1.29, 1.82) is 0 Å². The molecule has 0 aromatic heterocycles. The van der Waals surface area contributed by atoms with Crippen molar-refractivity contribution in [3.05, 3.63) is 29.3 Å². The van der Waals surface area contributed by atoms with Gasteiger partial charge in [0.15, 0.2) is 0 Å². The van der Waals surface area contributed by atoms with Crippen molar-refractivity contribution in [2.24, 2.45) is 5.92 Å². The van der Waals surface area contributed by atoms with Gasteiger partial charge in [-0.25, -0.2) is 0 Å². The molecule has 0 radical (unpaired) electrons. The van der Waals surface area contributed by atoms with Crippen LogP contribution in [-0.4, -0.2) is 23.5 Å². The molecule has 1 aromatic rings. The number of rotatable bonds is 6. The number of anilines is 1. The number of halogens is 1. The van der Waals surface area contributed by atoms with Gasteiger partial charge in [-0.3, -0.25) is 9.59 Å². The minimum absolute atomic E-state index is 0.133. The van der Waals surface area contributed by atoms with Crippen LogP contribution in [0.15, 0.2) is 24.3 Å². The van der Waals surface area contributed by atoms with Gasteiger partial charge in [-0.15, -0.1) is 0 Å². The number of carboxylic acid groups (broad SMARTS) is 1. The second-order valence-electron chi connectivity index (χ2n) is 5.54. The summed E-state index contributed by atoms with van der Waals surface area (Å²) in [5, 5.41) is 9.57. The van der Waals surface area contributed by atoms with Crippen LogP contribution >= 0.6 is 11.6 Å². The summed E-state index contributed by atoms with van der Waals surface area (Å²) in [6.07, 6.45) is 6.12. The van der Waals surface area contributed by atoms with E-state index >= 15 is 0 Å². The van der Waals surface area contributed by atoms with E-state index in [-0.39, 0.29) is 12.5 Å². The van der Waals surface area contributed by atoms with Gasteiger partial charge in [0.25, 0.3) is 0 Å². The average molecular weight is 310 g/mol. The molecular weight excluding hydrogens is 290 g/mol. The van der Waals surface area contributed by atoms with Crippen LogP contribution in [-0.2, 0) is 9.59 Å². The third-order valence-electron chi connectivity index (χ3n) is 3.97. The second kappa shape index (κ2) is 7.46. The van der Waals surface area contributed by atoms with Gasteiger partial charge in [-0.05, 0) is 36.6 Å². The minimum atomic E-state index is -1.01. The molecule has 1 saturated carbocycles. The molecule has 1 aromatic carbocycles. The van der Waals surface area contributed by atoms with Crippen LogP contribution in [0.4, 0.5) is 5.69 Å². The molecule has 4 nitrogen and oxygen atoms in total. The fourth-order valence-corrected chi connectivity index (χ4v) is 2.97. The van der Waals surface area contributed by atoms with E-state index in [9.17, 15) is 9.59 Å². The first-order chi connectivity index (χ1) is 10.1. The molecule has 1 aliphatic carbocycles. The van der Waals surface area contributed by atoms with Crippen LogP contribution in [0.2, 0.25) is 5.02 Å². The lowest BCUT2D eigenvalue weighted by molar-refractivity contribution is -0.136. The average Bonchev–Trinajstić information content (AvgIpc) is 2.96. The maximum absolute atomic E-state index is 12.4. The summed E-state index contributed by atoms with van der Waals surface area (Å²) in [6.45, 7) is -0.314. The summed E-state index contributed by atoms with van der Waals surface area (Å²) in [7, 11) is 0. The minimum Gasteiger partial charge on any atom is -0.480 e. The van der Waals surface area contributed by atoms with Gasteiger partial charge in [0.2, 0.25) is 5.91 Å². The third-order valence-corrected chi connectivity index (χ3v) is 4.23. The van der Waals surface area contributed by atoms with Crippen LogP contribution < -0.4 is 4.90 Å². The zero-order chi connectivity index (χ0) is 15.2. The zero-order valence-corrected chi connectivity index (χ0v) is 12.7. The molecule has 1 aliphatic rings. The Kier molecular flexibility index (Phi) is 5.62. The summed E-state index contributed by atoms with van der Waals surface area (Å²) >= 11 is 5.83. The van der Waals surface area contributed by atoms with Crippen molar-refractivity contribution in [3.63, 3.8) is 0 Å². The Labute approximate surface area is 129 Å². The normalized spacial score (nSPS) is 15.1. The molecule has 0 unspecified atom stereocenters. The number of hydrogen-bond acceptors (Lipinski definition) is 2. The van der Waals surface area contributed by atoms with Crippen molar-refractivity contribution in [2.75, 3.05) is 11.4 Å². The van der Waals surface area contributed by atoms with Gasteiger partial charge in [-0.1, -0.05) is 37.3 Å². The standard InChI is InChI=1S/C16H20ClNO3/c17-13-6-8-14(9-7-13)18(11-16(20)21)15(19)10-5-12-3-1-2-4-12/h6-9,12H,1-5,10-11H2,(H,20,21). The second-order valence-corrected chi connectivity index (χ2v) is 5.98. The monoisotopic (exact) mass is 309 g/mol. The summed E-state index contributed by atoms with van der Waals surface area (Å²) < 4.78 is 0. The van der Waals surface area contributed by atoms with E-state index in [1.54, 1.807) is 24.3 Å². The Morgan fingerprint density at radius 3 is 2.38 bits per heavy atom. The Balaban J connectivity index is 2.01. The molecule has 0 aliphatic heterocycles. The van der Waals surface area contributed by atoms with Crippen LogP contribution in [0.25, 0.3) is 0 Å². The van der Waals surface area contributed by atoms with Gasteiger partial charge < -0.3 is 10.0 Å². The quantitative estimate of drug-likeness (QED) is 0.871. The SMILES string of the molecule is O=C(O)CN(C(=O)CCC1CCCC1)c1ccc(Cl)cc1. The molecule has 1 amide bonds. The molecule has 0 heterocycles. The van der Waals surface area contributed by atoms with Crippen molar-refractivity contribution in [2.45, 2.75) is 38.5 Å². The predicted molar refractivity (Wildman–Crippen MR) is 82.6 cm³/mol. The molecule has 5 heteroatoms. The molecule has 0 atom stereocenters. The zero-order valence-electron chi connectivity index (χ0n) is 11.9. The molecule has 0 saturated heterocycles. The Bertz CT molecular complexity index is 495. The van der Waals surface area contributed by atoms with E-state index in [1.165, 1.54) is 30.6 Å². The van der Waals surface area contributed by atoms with Gasteiger partial charge in [0, 0.05) is 17.1 Å². The van der Waals surface area contributed by atoms with Crippen molar-refractivity contribution in [3.8, 4) is 0 Å². The van der Waals surface area contributed by atoms with Crippen molar-refractivity contribution >= 4 is 29.2 Å². The van der Waals surface area contributed by atoms with E-state index in [1.807, 2.05) is 0 Å². The lowest BCUT2D eigenvalue weighted by atomic mass is 10.0. The molecule has 0 bridgehead atoms. The summed E-state index contributed by atoms with van der Waals surface area (Å²) in [6, 6.07) is 6.68. The number of carbonyl (C=O) groups is 2. The van der Waals surface area contributed by atoms with Crippen LogP contribution in [0.1, 0.15) is 38.5 Å². The first-order valence-electron chi connectivity index (χ1n) is 7.34. The van der Waals surface area contributed by atoms with E-state index < -0.39 is 5.97 Å². The number of carbonyl (C=O) groups excluding carboxylic acids is 1. The highest BCUT2D eigenvalue weighted by molar-refractivity contribution is 6.30. The maximum Gasteiger partial charge on any atom is 0.323 e. The largest absolute Gasteiger partial charge is 0.480 e. The van der Waals surface area contributed by atoms with E-state index in [4.69, 9.17) is 16.7 Å². The summed E-state index contributed by atoms with van der Waals surface area (Å²) in [5.41, 5.74) is 0.582. The van der Waals surface area contributed by atoms with Crippen LogP contribution in [0.3, 0.4) is 0 Å². The number of nitrogens with zero attached hydrogens (tertiary/aromatic N) is 1. The Morgan fingerprint density at radius 1 is 1.19 bits per heavy atom. The summed E-state index contributed by atoms with van der Waals surface area (Å²) in [5.74, 6) is -0.531. The lowest BCUT2D eigenvalue weighted by Crippen LogP contribution is -2.35. The molecule has 1 fully saturated rings. The van der Waals surface area contributed by atoms with Gasteiger partial charge in [-0.2, -0.15) is 0 Å². The summed E-state index contributed by atoms with van der Waals surface area (Å²) in [4.78, 5) is 24.7. The number of hydrogen-bond donors (Lipinski definition) is 1.